The average molecular weight is 183 g/mol. The van der Waals surface area contributed by atoms with Crippen LogP contribution >= 0.6 is 0 Å². The second-order valence-electron chi connectivity index (χ2n) is 4.29. The standard InChI is InChI=1S/C12H25N/c1-4-8-11(5-2)13-10-7-9-12(13)6-3/h11-12H,4-10H2,1-3H3. The number of hydrogen-bond acceptors (Lipinski definition) is 1. The Hall–Kier alpha value is -0.0400. The summed E-state index contributed by atoms with van der Waals surface area (Å²) in [6, 6.07) is 1.77. The highest BCUT2D eigenvalue weighted by molar-refractivity contribution is 4.83. The van der Waals surface area contributed by atoms with Crippen molar-refractivity contribution >= 4 is 0 Å². The molecule has 0 N–H and O–H groups in total. The fraction of sp³-hybridized carbons (Fsp3) is 1.00. The summed E-state index contributed by atoms with van der Waals surface area (Å²) < 4.78 is 0. The molecule has 2 atom stereocenters. The van der Waals surface area contributed by atoms with Crippen LogP contribution < -0.4 is 0 Å². The molecule has 1 saturated heterocycles. The Morgan fingerprint density at radius 3 is 2.62 bits per heavy atom. The van der Waals surface area contributed by atoms with Crippen molar-refractivity contribution < 1.29 is 0 Å². The third-order valence-corrected chi connectivity index (χ3v) is 3.46. The van der Waals surface area contributed by atoms with Gasteiger partial charge in [0.1, 0.15) is 0 Å². The molecule has 0 aromatic carbocycles. The first-order valence-electron chi connectivity index (χ1n) is 6.09. The van der Waals surface area contributed by atoms with E-state index in [9.17, 15) is 0 Å². The van der Waals surface area contributed by atoms with Crippen LogP contribution in [0, 0.1) is 0 Å². The zero-order valence-corrected chi connectivity index (χ0v) is 9.55. The summed E-state index contributed by atoms with van der Waals surface area (Å²) >= 11 is 0. The van der Waals surface area contributed by atoms with E-state index in [2.05, 4.69) is 25.7 Å². The van der Waals surface area contributed by atoms with Gasteiger partial charge in [-0.15, -0.1) is 0 Å². The van der Waals surface area contributed by atoms with Crippen LogP contribution in [0.4, 0.5) is 0 Å². The molecule has 78 valence electrons. The minimum absolute atomic E-state index is 0.873. The lowest BCUT2D eigenvalue weighted by molar-refractivity contribution is 0.161. The monoisotopic (exact) mass is 183 g/mol. The van der Waals surface area contributed by atoms with Crippen molar-refractivity contribution in [3.63, 3.8) is 0 Å². The maximum Gasteiger partial charge on any atom is 0.00960 e. The summed E-state index contributed by atoms with van der Waals surface area (Å²) in [7, 11) is 0. The van der Waals surface area contributed by atoms with Gasteiger partial charge in [-0.25, -0.2) is 0 Å². The molecule has 0 spiro atoms. The molecule has 0 aromatic heterocycles. The van der Waals surface area contributed by atoms with E-state index >= 15 is 0 Å². The molecule has 1 heterocycles. The predicted molar refractivity (Wildman–Crippen MR) is 59.0 cm³/mol. The molecule has 0 amide bonds. The van der Waals surface area contributed by atoms with Crippen molar-refractivity contribution in [3.8, 4) is 0 Å². The molecule has 0 radical (unpaired) electrons. The molecule has 0 aliphatic carbocycles. The van der Waals surface area contributed by atoms with Gasteiger partial charge >= 0.3 is 0 Å². The second kappa shape index (κ2) is 5.64. The van der Waals surface area contributed by atoms with Crippen molar-refractivity contribution in [3.05, 3.63) is 0 Å². The molecular formula is C12H25N. The van der Waals surface area contributed by atoms with E-state index in [-0.39, 0.29) is 0 Å². The van der Waals surface area contributed by atoms with E-state index in [1.807, 2.05) is 0 Å². The first kappa shape index (κ1) is 11.0. The minimum atomic E-state index is 0.873. The van der Waals surface area contributed by atoms with Gasteiger partial charge in [-0.1, -0.05) is 27.2 Å². The number of hydrogen-bond donors (Lipinski definition) is 0. The smallest absolute Gasteiger partial charge is 0.00960 e. The van der Waals surface area contributed by atoms with Crippen molar-refractivity contribution in [2.75, 3.05) is 6.54 Å². The first-order valence-corrected chi connectivity index (χ1v) is 6.09. The maximum atomic E-state index is 2.77. The van der Waals surface area contributed by atoms with Crippen LogP contribution in [-0.4, -0.2) is 23.5 Å². The van der Waals surface area contributed by atoms with E-state index in [0.717, 1.165) is 12.1 Å². The minimum Gasteiger partial charge on any atom is -0.297 e. The maximum absolute atomic E-state index is 2.77. The van der Waals surface area contributed by atoms with E-state index in [0.29, 0.717) is 0 Å². The molecule has 2 unspecified atom stereocenters. The Labute approximate surface area is 83.5 Å². The van der Waals surface area contributed by atoms with Gasteiger partial charge in [0.15, 0.2) is 0 Å². The number of rotatable bonds is 5. The van der Waals surface area contributed by atoms with Gasteiger partial charge in [0.05, 0.1) is 0 Å². The highest BCUT2D eigenvalue weighted by atomic mass is 15.2. The molecule has 13 heavy (non-hydrogen) atoms. The van der Waals surface area contributed by atoms with Crippen molar-refractivity contribution in [2.45, 2.75) is 71.4 Å². The van der Waals surface area contributed by atoms with Gasteiger partial charge in [-0.3, -0.25) is 4.90 Å². The topological polar surface area (TPSA) is 3.24 Å². The average Bonchev–Trinajstić information content (AvgIpc) is 2.61. The third-order valence-electron chi connectivity index (χ3n) is 3.46. The van der Waals surface area contributed by atoms with E-state index < -0.39 is 0 Å². The van der Waals surface area contributed by atoms with Gasteiger partial charge in [0.25, 0.3) is 0 Å². The van der Waals surface area contributed by atoms with Crippen LogP contribution in [0.25, 0.3) is 0 Å². The van der Waals surface area contributed by atoms with Crippen LogP contribution in [0.1, 0.15) is 59.3 Å². The number of likely N-dealkylation sites (tertiary alicyclic amines) is 1. The zero-order valence-electron chi connectivity index (χ0n) is 9.55. The van der Waals surface area contributed by atoms with Crippen LogP contribution in [0.5, 0.6) is 0 Å². The van der Waals surface area contributed by atoms with Crippen LogP contribution in [0.15, 0.2) is 0 Å². The lowest BCUT2D eigenvalue weighted by Gasteiger charge is -2.31. The second-order valence-corrected chi connectivity index (χ2v) is 4.29. The SMILES string of the molecule is CCCC(CC)N1CCCC1CC. The Kier molecular flexibility index (Phi) is 4.79. The molecule has 0 saturated carbocycles. The Balaban J connectivity index is 2.46. The summed E-state index contributed by atoms with van der Waals surface area (Å²) in [5, 5.41) is 0. The summed E-state index contributed by atoms with van der Waals surface area (Å²) in [6.45, 7) is 8.34. The summed E-state index contributed by atoms with van der Waals surface area (Å²) in [5.41, 5.74) is 0. The quantitative estimate of drug-likeness (QED) is 0.631. The third kappa shape index (κ3) is 2.70. The first-order chi connectivity index (χ1) is 6.33. The van der Waals surface area contributed by atoms with Gasteiger partial charge in [-0.05, 0) is 38.6 Å². The Morgan fingerprint density at radius 2 is 2.08 bits per heavy atom. The highest BCUT2D eigenvalue weighted by Gasteiger charge is 2.27. The summed E-state index contributed by atoms with van der Waals surface area (Å²) in [6.07, 6.45) is 8.29. The van der Waals surface area contributed by atoms with Crippen LogP contribution in [0.2, 0.25) is 0 Å². The molecule has 1 fully saturated rings. The molecule has 0 bridgehead atoms. The van der Waals surface area contributed by atoms with Crippen molar-refractivity contribution in [1.29, 1.82) is 0 Å². The predicted octanol–water partition coefficient (Wildman–Crippen LogP) is 3.44. The van der Waals surface area contributed by atoms with E-state index in [4.69, 9.17) is 0 Å². The molecule has 1 aliphatic heterocycles. The molecular weight excluding hydrogens is 158 g/mol. The van der Waals surface area contributed by atoms with Gasteiger partial charge < -0.3 is 0 Å². The molecule has 0 aromatic rings. The Bertz CT molecular complexity index is 133. The van der Waals surface area contributed by atoms with Crippen molar-refractivity contribution in [1.82, 2.24) is 4.90 Å². The van der Waals surface area contributed by atoms with Gasteiger partial charge in [0, 0.05) is 12.1 Å². The van der Waals surface area contributed by atoms with Gasteiger partial charge in [0.2, 0.25) is 0 Å². The summed E-state index contributed by atoms with van der Waals surface area (Å²) in [4.78, 5) is 2.77. The number of nitrogens with zero attached hydrogens (tertiary/aromatic N) is 1. The molecule has 1 rings (SSSR count). The lowest BCUT2D eigenvalue weighted by atomic mass is 10.1. The summed E-state index contributed by atoms with van der Waals surface area (Å²) in [5.74, 6) is 0. The fourth-order valence-electron chi connectivity index (χ4n) is 2.71. The Morgan fingerprint density at radius 1 is 1.31 bits per heavy atom. The molecule has 1 nitrogen and oxygen atoms in total. The van der Waals surface area contributed by atoms with Crippen LogP contribution in [-0.2, 0) is 0 Å². The molecule has 1 aliphatic rings. The van der Waals surface area contributed by atoms with E-state index in [1.54, 1.807) is 0 Å². The lowest BCUT2D eigenvalue weighted by Crippen LogP contribution is -2.38. The van der Waals surface area contributed by atoms with Crippen LogP contribution in [0.3, 0.4) is 0 Å². The van der Waals surface area contributed by atoms with E-state index in [1.165, 1.54) is 45.1 Å². The largest absolute Gasteiger partial charge is 0.297 e. The molecule has 1 heteroatoms. The zero-order chi connectivity index (χ0) is 9.68. The van der Waals surface area contributed by atoms with Crippen molar-refractivity contribution in [2.24, 2.45) is 0 Å². The van der Waals surface area contributed by atoms with Gasteiger partial charge in [-0.2, -0.15) is 0 Å². The highest BCUT2D eigenvalue weighted by Crippen LogP contribution is 2.25. The normalized spacial score (nSPS) is 26.5. The fourth-order valence-corrected chi connectivity index (χ4v) is 2.71.